The molecule has 0 saturated heterocycles. The summed E-state index contributed by atoms with van der Waals surface area (Å²) in [5, 5.41) is 0. The molecular weight excluding hydrogens is 410 g/mol. The Morgan fingerprint density at radius 3 is 2.45 bits per heavy atom. The number of benzene rings is 2. The molecule has 0 atom stereocenters. The van der Waals surface area contributed by atoms with Gasteiger partial charge in [0.25, 0.3) is 0 Å². The standard InChI is InChI=1S/C28H33N3O2/c1-31-24-8-3-2-7-23(24)30-26(31)22-6-4-5-21(18-22)17-20-11-9-19(10-12-20)13-14-25(32)28(15-16-28)27(29)33/h2-8,18-20H,9-17H2,1H3,(H2,29,33). The van der Waals surface area contributed by atoms with E-state index in [1.165, 1.54) is 36.8 Å². The number of para-hydroxylation sites is 2. The molecule has 0 spiro atoms. The maximum atomic E-state index is 12.4. The number of Topliss-reactive ketones (excluding diaryl/α,β-unsaturated/α-hetero) is 1. The van der Waals surface area contributed by atoms with Crippen LogP contribution in [0.2, 0.25) is 0 Å². The highest BCUT2D eigenvalue weighted by atomic mass is 16.2. The van der Waals surface area contributed by atoms with Crippen LogP contribution in [-0.4, -0.2) is 21.2 Å². The summed E-state index contributed by atoms with van der Waals surface area (Å²) in [6.45, 7) is 0. The van der Waals surface area contributed by atoms with E-state index in [9.17, 15) is 9.59 Å². The molecule has 0 bridgehead atoms. The maximum Gasteiger partial charge on any atom is 0.231 e. The zero-order chi connectivity index (χ0) is 23.0. The Balaban J connectivity index is 1.16. The second kappa shape index (κ2) is 8.77. The Hall–Kier alpha value is -2.95. The largest absolute Gasteiger partial charge is 0.369 e. The third-order valence-corrected chi connectivity index (χ3v) is 8.00. The number of aromatic nitrogens is 2. The van der Waals surface area contributed by atoms with Gasteiger partial charge >= 0.3 is 0 Å². The van der Waals surface area contributed by atoms with E-state index in [4.69, 9.17) is 10.7 Å². The van der Waals surface area contributed by atoms with Crippen LogP contribution in [0.4, 0.5) is 0 Å². The van der Waals surface area contributed by atoms with Gasteiger partial charge in [0, 0.05) is 19.0 Å². The zero-order valence-corrected chi connectivity index (χ0v) is 19.4. The highest BCUT2D eigenvalue weighted by Crippen LogP contribution is 2.47. The third-order valence-electron chi connectivity index (χ3n) is 8.00. The number of hydrogen-bond donors (Lipinski definition) is 1. The number of ketones is 1. The Labute approximate surface area is 195 Å². The molecule has 33 heavy (non-hydrogen) atoms. The summed E-state index contributed by atoms with van der Waals surface area (Å²) in [6, 6.07) is 17.1. The van der Waals surface area contributed by atoms with Crippen molar-refractivity contribution in [1.82, 2.24) is 9.55 Å². The van der Waals surface area contributed by atoms with Crippen molar-refractivity contribution < 1.29 is 9.59 Å². The van der Waals surface area contributed by atoms with Gasteiger partial charge in [-0.15, -0.1) is 0 Å². The molecule has 2 fully saturated rings. The summed E-state index contributed by atoms with van der Waals surface area (Å²) in [5.41, 5.74) is 9.36. The van der Waals surface area contributed by atoms with Gasteiger partial charge in [-0.1, -0.05) is 43.2 Å². The van der Waals surface area contributed by atoms with E-state index in [1.54, 1.807) is 0 Å². The normalized spacial score (nSPS) is 21.7. The predicted octanol–water partition coefficient (Wildman–Crippen LogP) is 5.20. The molecule has 2 aliphatic carbocycles. The molecule has 1 aromatic heterocycles. The molecule has 1 heterocycles. The van der Waals surface area contributed by atoms with Gasteiger partial charge in [-0.25, -0.2) is 4.98 Å². The highest BCUT2D eigenvalue weighted by Gasteiger charge is 2.54. The second-order valence-electron chi connectivity index (χ2n) is 10.2. The lowest BCUT2D eigenvalue weighted by Gasteiger charge is -2.29. The van der Waals surface area contributed by atoms with Crippen LogP contribution in [0.5, 0.6) is 0 Å². The summed E-state index contributed by atoms with van der Waals surface area (Å²) in [4.78, 5) is 28.9. The van der Waals surface area contributed by atoms with Crippen molar-refractivity contribution in [3.05, 3.63) is 54.1 Å². The quantitative estimate of drug-likeness (QED) is 0.486. The van der Waals surface area contributed by atoms with E-state index in [1.807, 2.05) is 6.07 Å². The fourth-order valence-electron chi connectivity index (χ4n) is 5.66. The van der Waals surface area contributed by atoms with Gasteiger partial charge < -0.3 is 10.3 Å². The molecule has 2 aliphatic rings. The van der Waals surface area contributed by atoms with Crippen LogP contribution in [-0.2, 0) is 23.1 Å². The van der Waals surface area contributed by atoms with Crippen LogP contribution >= 0.6 is 0 Å². The van der Waals surface area contributed by atoms with Crippen LogP contribution in [0.1, 0.15) is 56.9 Å². The summed E-state index contributed by atoms with van der Waals surface area (Å²) in [6.07, 6.45) is 8.57. The van der Waals surface area contributed by atoms with Gasteiger partial charge in [-0.05, 0) is 74.1 Å². The fraction of sp³-hybridized carbons (Fsp3) is 0.464. The van der Waals surface area contributed by atoms with Crippen molar-refractivity contribution in [1.29, 1.82) is 0 Å². The smallest absolute Gasteiger partial charge is 0.231 e. The minimum atomic E-state index is -0.804. The van der Waals surface area contributed by atoms with Crippen molar-refractivity contribution in [2.24, 2.45) is 30.0 Å². The third kappa shape index (κ3) is 4.33. The van der Waals surface area contributed by atoms with Gasteiger partial charge in [0.15, 0.2) is 0 Å². The predicted molar refractivity (Wildman–Crippen MR) is 130 cm³/mol. The van der Waals surface area contributed by atoms with Crippen LogP contribution in [0.3, 0.4) is 0 Å². The first kappa shape index (κ1) is 21.9. The number of primary amides is 1. The first-order valence-corrected chi connectivity index (χ1v) is 12.3. The SMILES string of the molecule is Cn1c(-c2cccc(CC3CCC(CCC(=O)C4(C(N)=O)CC4)CC3)c2)nc2ccccc21. The summed E-state index contributed by atoms with van der Waals surface area (Å²) < 4.78 is 2.17. The Bertz CT molecular complexity index is 1180. The molecule has 0 aliphatic heterocycles. The molecule has 2 aromatic carbocycles. The van der Waals surface area contributed by atoms with Crippen LogP contribution in [0, 0.1) is 17.3 Å². The topological polar surface area (TPSA) is 78.0 Å². The molecule has 2 N–H and O–H groups in total. The Morgan fingerprint density at radius 1 is 1.03 bits per heavy atom. The van der Waals surface area contributed by atoms with E-state index in [0.717, 1.165) is 29.7 Å². The van der Waals surface area contributed by atoms with Crippen molar-refractivity contribution in [3.8, 4) is 11.4 Å². The number of amides is 1. The average Bonchev–Trinajstić information content (AvgIpc) is 3.58. The number of carbonyl (C=O) groups excluding carboxylic acids is 2. The summed E-state index contributed by atoms with van der Waals surface area (Å²) >= 11 is 0. The highest BCUT2D eigenvalue weighted by molar-refractivity contribution is 6.08. The minimum absolute atomic E-state index is 0.0795. The number of hydrogen-bond acceptors (Lipinski definition) is 3. The molecule has 5 nitrogen and oxygen atoms in total. The van der Waals surface area contributed by atoms with Gasteiger partial charge in [0.2, 0.25) is 5.91 Å². The number of rotatable bonds is 8. The molecule has 5 rings (SSSR count). The van der Waals surface area contributed by atoms with E-state index in [-0.39, 0.29) is 5.78 Å². The second-order valence-corrected chi connectivity index (χ2v) is 10.2. The van der Waals surface area contributed by atoms with Crippen molar-refractivity contribution in [3.63, 3.8) is 0 Å². The van der Waals surface area contributed by atoms with Crippen LogP contribution < -0.4 is 5.73 Å². The number of aryl methyl sites for hydroxylation is 1. The molecular formula is C28H33N3O2. The molecule has 0 unspecified atom stereocenters. The number of nitrogens with zero attached hydrogens (tertiary/aromatic N) is 2. The first-order chi connectivity index (χ1) is 16.0. The Kier molecular flexibility index (Phi) is 5.81. The Morgan fingerprint density at radius 2 is 1.76 bits per heavy atom. The lowest BCUT2D eigenvalue weighted by atomic mass is 9.77. The van der Waals surface area contributed by atoms with E-state index >= 15 is 0 Å². The van der Waals surface area contributed by atoms with Gasteiger partial charge in [0.1, 0.15) is 17.0 Å². The van der Waals surface area contributed by atoms with Gasteiger partial charge in [-0.2, -0.15) is 0 Å². The maximum absolute atomic E-state index is 12.4. The lowest BCUT2D eigenvalue weighted by molar-refractivity contribution is -0.134. The lowest BCUT2D eigenvalue weighted by Crippen LogP contribution is -2.32. The van der Waals surface area contributed by atoms with Crippen LogP contribution in [0.25, 0.3) is 22.4 Å². The van der Waals surface area contributed by atoms with E-state index in [0.29, 0.717) is 31.1 Å². The van der Waals surface area contributed by atoms with Gasteiger partial charge in [-0.3, -0.25) is 9.59 Å². The van der Waals surface area contributed by atoms with E-state index < -0.39 is 11.3 Å². The number of nitrogens with two attached hydrogens (primary N) is 1. The van der Waals surface area contributed by atoms with E-state index in [2.05, 4.69) is 54.1 Å². The zero-order valence-electron chi connectivity index (χ0n) is 19.4. The molecule has 172 valence electrons. The molecule has 0 radical (unpaired) electrons. The van der Waals surface area contributed by atoms with Crippen molar-refractivity contribution in [2.45, 2.75) is 57.8 Å². The van der Waals surface area contributed by atoms with Crippen molar-refractivity contribution in [2.75, 3.05) is 0 Å². The average molecular weight is 444 g/mol. The number of imidazole rings is 1. The fourth-order valence-corrected chi connectivity index (χ4v) is 5.66. The first-order valence-electron chi connectivity index (χ1n) is 12.3. The molecule has 1 amide bonds. The molecule has 2 saturated carbocycles. The minimum Gasteiger partial charge on any atom is -0.369 e. The number of carbonyl (C=O) groups is 2. The van der Waals surface area contributed by atoms with Gasteiger partial charge in [0.05, 0.1) is 11.0 Å². The summed E-state index contributed by atoms with van der Waals surface area (Å²) in [5.74, 6) is 1.96. The number of fused-ring (bicyclic) bond motifs is 1. The molecule has 3 aromatic rings. The van der Waals surface area contributed by atoms with Crippen molar-refractivity contribution >= 4 is 22.7 Å². The molecule has 5 heteroatoms. The monoisotopic (exact) mass is 443 g/mol. The summed E-state index contributed by atoms with van der Waals surface area (Å²) in [7, 11) is 2.08. The van der Waals surface area contributed by atoms with Crippen LogP contribution in [0.15, 0.2) is 48.5 Å².